The summed E-state index contributed by atoms with van der Waals surface area (Å²) in [6.45, 7) is 2.52. The van der Waals surface area contributed by atoms with Crippen LogP contribution < -0.4 is 4.90 Å². The van der Waals surface area contributed by atoms with Gasteiger partial charge in [0.1, 0.15) is 5.75 Å². The fourth-order valence-corrected chi connectivity index (χ4v) is 7.60. The van der Waals surface area contributed by atoms with Crippen molar-refractivity contribution in [3.63, 3.8) is 0 Å². The summed E-state index contributed by atoms with van der Waals surface area (Å²) in [7, 11) is 0. The van der Waals surface area contributed by atoms with E-state index in [0.29, 0.717) is 54.3 Å². The van der Waals surface area contributed by atoms with Crippen LogP contribution >= 0.6 is 0 Å². The lowest BCUT2D eigenvalue weighted by molar-refractivity contribution is -0.130. The number of nitriles is 1. The maximum absolute atomic E-state index is 14.2. The highest BCUT2D eigenvalue weighted by Crippen LogP contribution is 2.62. The molecule has 3 saturated heterocycles. The topological polar surface area (TPSA) is 116 Å². The van der Waals surface area contributed by atoms with Gasteiger partial charge in [-0.05, 0) is 68.5 Å². The highest BCUT2D eigenvalue weighted by Gasteiger charge is 2.73. The second-order valence-electron chi connectivity index (χ2n) is 11.5. The van der Waals surface area contributed by atoms with E-state index in [4.69, 9.17) is 4.74 Å². The number of hydrogen-bond donors (Lipinski definition) is 2. The summed E-state index contributed by atoms with van der Waals surface area (Å²) in [4.78, 5) is 29.5. The van der Waals surface area contributed by atoms with Gasteiger partial charge in [0.25, 0.3) is 0 Å². The van der Waals surface area contributed by atoms with Crippen molar-refractivity contribution < 1.29 is 24.5 Å². The maximum Gasteiger partial charge on any atom is 0.240 e. The van der Waals surface area contributed by atoms with Crippen LogP contribution in [0.25, 0.3) is 21.7 Å². The first-order chi connectivity index (χ1) is 19.3. The zero-order chi connectivity index (χ0) is 27.8. The molecule has 0 spiro atoms. The number of phenolic OH excluding ortho intramolecular Hbond substituents is 1. The number of aromatic nitrogens is 1. The van der Waals surface area contributed by atoms with Crippen LogP contribution in [0.2, 0.25) is 0 Å². The third-order valence-corrected chi connectivity index (χ3v) is 9.38. The number of rotatable bonds is 6. The second kappa shape index (κ2) is 8.65. The van der Waals surface area contributed by atoms with Gasteiger partial charge in [-0.15, -0.1) is 0 Å². The van der Waals surface area contributed by atoms with Crippen LogP contribution in [-0.2, 0) is 27.3 Å². The van der Waals surface area contributed by atoms with E-state index < -0.39 is 23.0 Å². The first-order valence-corrected chi connectivity index (χ1v) is 13.7. The maximum atomic E-state index is 14.2. The minimum absolute atomic E-state index is 0.000400. The van der Waals surface area contributed by atoms with E-state index in [-0.39, 0.29) is 24.2 Å². The number of imide groups is 1. The second-order valence-corrected chi connectivity index (χ2v) is 11.5. The SMILES string of the molecule is C[C@]12CC[C@](CCn3cc(CCO)c4cc(O)ccc43)(O1)[C@@H]1C(=O)N(c3ccc(C#N)c4ccccc34)C(=O)[C@@H]12. The van der Waals surface area contributed by atoms with E-state index in [1.165, 1.54) is 4.90 Å². The molecule has 3 aliphatic heterocycles. The first kappa shape index (κ1) is 24.8. The van der Waals surface area contributed by atoms with Gasteiger partial charge >= 0.3 is 0 Å². The smallest absolute Gasteiger partial charge is 0.240 e. The Balaban J connectivity index is 1.26. The highest BCUT2D eigenvalue weighted by molar-refractivity contribution is 6.26. The molecule has 0 radical (unpaired) electrons. The first-order valence-electron chi connectivity index (χ1n) is 13.7. The number of aromatic hydroxyl groups is 1. The molecule has 3 fully saturated rings. The van der Waals surface area contributed by atoms with Crippen molar-refractivity contribution in [1.29, 1.82) is 5.26 Å². The van der Waals surface area contributed by atoms with Gasteiger partial charge in [0.2, 0.25) is 11.8 Å². The molecule has 2 N–H and O–H groups in total. The van der Waals surface area contributed by atoms with Gasteiger partial charge in [-0.3, -0.25) is 9.59 Å². The quantitative estimate of drug-likeness (QED) is 0.353. The summed E-state index contributed by atoms with van der Waals surface area (Å²) >= 11 is 0. The lowest BCUT2D eigenvalue weighted by atomic mass is 9.67. The summed E-state index contributed by atoms with van der Waals surface area (Å²) in [6.07, 6.45) is 4.40. The number of aliphatic hydroxyl groups is 1. The van der Waals surface area contributed by atoms with Crippen molar-refractivity contribution in [2.45, 2.75) is 50.4 Å². The third kappa shape index (κ3) is 3.31. The Hall–Kier alpha value is -4.19. The molecule has 3 aromatic carbocycles. The number of phenols is 1. The van der Waals surface area contributed by atoms with Gasteiger partial charge in [-0.2, -0.15) is 5.26 Å². The van der Waals surface area contributed by atoms with Crippen LogP contribution in [0, 0.1) is 23.2 Å². The number of fused-ring (bicyclic) bond motifs is 7. The molecule has 8 heteroatoms. The predicted octanol–water partition coefficient (Wildman–Crippen LogP) is 4.42. The molecular weight excluding hydrogens is 506 g/mol. The summed E-state index contributed by atoms with van der Waals surface area (Å²) in [6, 6.07) is 18.2. The van der Waals surface area contributed by atoms with E-state index in [9.17, 15) is 25.1 Å². The average molecular weight is 536 g/mol. The molecular formula is C32H29N3O5. The summed E-state index contributed by atoms with van der Waals surface area (Å²) < 4.78 is 8.76. The number of ether oxygens (including phenoxy) is 1. The number of benzene rings is 3. The van der Waals surface area contributed by atoms with Gasteiger partial charge in [-0.25, -0.2) is 4.90 Å². The molecule has 0 aliphatic carbocycles. The summed E-state index contributed by atoms with van der Waals surface area (Å²) in [5.41, 5.74) is 1.40. The van der Waals surface area contributed by atoms with Gasteiger partial charge in [0.15, 0.2) is 0 Å². The molecule has 4 atom stereocenters. The number of aryl methyl sites for hydroxylation is 1. The Morgan fingerprint density at radius 2 is 1.80 bits per heavy atom. The number of nitrogens with zero attached hydrogens (tertiary/aromatic N) is 3. The predicted molar refractivity (Wildman–Crippen MR) is 149 cm³/mol. The Morgan fingerprint density at radius 3 is 2.58 bits per heavy atom. The number of amides is 2. The molecule has 4 aromatic rings. The fourth-order valence-electron chi connectivity index (χ4n) is 7.60. The molecule has 40 heavy (non-hydrogen) atoms. The number of carbonyl (C=O) groups excluding carboxylic acids is 2. The van der Waals surface area contributed by atoms with Crippen molar-refractivity contribution in [3.05, 3.63) is 71.9 Å². The average Bonchev–Trinajstić information content (AvgIpc) is 3.64. The van der Waals surface area contributed by atoms with E-state index >= 15 is 0 Å². The largest absolute Gasteiger partial charge is 0.508 e. The molecule has 1 aromatic heterocycles. The van der Waals surface area contributed by atoms with E-state index in [1.54, 1.807) is 24.3 Å². The standard InChI is InChI=1S/C32H29N3O5/c1-31-11-12-32(40-31,13-14-34-18-20(10-15-36)24-16-21(37)7-9-25(24)34)28-27(31)29(38)35(30(28)39)26-8-6-19(17-33)22-4-2-3-5-23(22)26/h2-9,16,18,27-28,36-37H,10-15H2,1H3/t27-,28+,31-,32-/m1/s1. The van der Waals surface area contributed by atoms with Crippen molar-refractivity contribution in [2.24, 2.45) is 11.8 Å². The Bertz CT molecular complexity index is 1770. The monoisotopic (exact) mass is 535 g/mol. The minimum Gasteiger partial charge on any atom is -0.508 e. The lowest BCUT2D eigenvalue weighted by Crippen LogP contribution is -2.42. The Kier molecular flexibility index (Phi) is 5.37. The molecule has 7 rings (SSSR count). The number of hydrogen-bond acceptors (Lipinski definition) is 6. The van der Waals surface area contributed by atoms with Crippen molar-refractivity contribution in [3.8, 4) is 11.8 Å². The molecule has 2 bridgehead atoms. The molecule has 0 unspecified atom stereocenters. The van der Waals surface area contributed by atoms with Gasteiger partial charge in [0.05, 0.1) is 40.4 Å². The number of anilines is 1. The zero-order valence-electron chi connectivity index (χ0n) is 22.1. The van der Waals surface area contributed by atoms with Gasteiger partial charge < -0.3 is 19.5 Å². The van der Waals surface area contributed by atoms with Crippen LogP contribution in [0.15, 0.2) is 60.8 Å². The van der Waals surface area contributed by atoms with Gasteiger partial charge in [-0.1, -0.05) is 24.3 Å². The Labute approximate surface area is 231 Å². The van der Waals surface area contributed by atoms with E-state index in [2.05, 4.69) is 10.6 Å². The molecule has 0 saturated carbocycles. The molecule has 2 amide bonds. The van der Waals surface area contributed by atoms with E-state index in [1.807, 2.05) is 43.5 Å². The van der Waals surface area contributed by atoms with Crippen molar-refractivity contribution >= 4 is 39.2 Å². The molecule has 202 valence electrons. The summed E-state index contributed by atoms with van der Waals surface area (Å²) in [5, 5.41) is 31.5. The van der Waals surface area contributed by atoms with Crippen LogP contribution in [0.5, 0.6) is 5.75 Å². The van der Waals surface area contributed by atoms with Crippen molar-refractivity contribution in [2.75, 3.05) is 11.5 Å². The zero-order valence-corrected chi connectivity index (χ0v) is 22.1. The Morgan fingerprint density at radius 1 is 1.02 bits per heavy atom. The van der Waals surface area contributed by atoms with Crippen LogP contribution in [-0.4, -0.2) is 44.4 Å². The van der Waals surface area contributed by atoms with Crippen LogP contribution in [0.4, 0.5) is 5.69 Å². The van der Waals surface area contributed by atoms with Crippen LogP contribution in [0.3, 0.4) is 0 Å². The summed E-state index contributed by atoms with van der Waals surface area (Å²) in [5.74, 6) is -1.46. The lowest BCUT2D eigenvalue weighted by Gasteiger charge is -2.31. The number of aliphatic hydroxyl groups excluding tert-OH is 1. The molecule has 3 aliphatic rings. The van der Waals surface area contributed by atoms with E-state index in [0.717, 1.165) is 16.5 Å². The highest BCUT2D eigenvalue weighted by atomic mass is 16.5. The fraction of sp³-hybridized carbons (Fsp3) is 0.344. The van der Waals surface area contributed by atoms with Crippen LogP contribution in [0.1, 0.15) is 37.3 Å². The minimum atomic E-state index is -0.770. The molecule has 4 heterocycles. The number of carbonyl (C=O) groups is 2. The van der Waals surface area contributed by atoms with Crippen molar-refractivity contribution in [1.82, 2.24) is 4.57 Å². The normalized spacial score (nSPS) is 27.2. The third-order valence-electron chi connectivity index (χ3n) is 9.38. The van der Waals surface area contributed by atoms with Gasteiger partial charge in [0, 0.05) is 41.0 Å². The molecule has 8 nitrogen and oxygen atoms in total.